The third kappa shape index (κ3) is 6.79. The van der Waals surface area contributed by atoms with Gasteiger partial charge in [-0.3, -0.25) is 0 Å². The van der Waals surface area contributed by atoms with E-state index in [1.807, 2.05) is 0 Å². The monoisotopic (exact) mass is 274 g/mol. The van der Waals surface area contributed by atoms with Gasteiger partial charge < -0.3 is 9.80 Å². The van der Waals surface area contributed by atoms with Crippen LogP contribution in [0.15, 0.2) is 41.3 Å². The molecule has 0 N–H and O–H groups in total. The summed E-state index contributed by atoms with van der Waals surface area (Å²) in [4.78, 5) is 4.92. The second-order valence-electron chi connectivity index (χ2n) is 5.63. The number of hydrogen-bond donors (Lipinski definition) is 0. The third-order valence-electron chi connectivity index (χ3n) is 3.76. The molecule has 2 nitrogen and oxygen atoms in total. The van der Waals surface area contributed by atoms with E-state index in [0.29, 0.717) is 0 Å². The number of rotatable bonds is 5. The molecule has 1 fully saturated rings. The second-order valence-corrected chi connectivity index (χ2v) is 5.63. The molecule has 0 spiro atoms. The van der Waals surface area contributed by atoms with Gasteiger partial charge in [0.05, 0.1) is 0 Å². The van der Waals surface area contributed by atoms with Crippen LogP contribution < -0.4 is 0 Å². The third-order valence-corrected chi connectivity index (χ3v) is 3.76. The molecular weight excluding hydrogens is 244 g/mol. The average Bonchev–Trinajstić information content (AvgIpc) is 2.66. The van der Waals surface area contributed by atoms with E-state index in [1.165, 1.54) is 37.3 Å². The average molecular weight is 274 g/mol. The molecule has 0 aromatic heterocycles. The summed E-state index contributed by atoms with van der Waals surface area (Å²) in [6.07, 6.45) is 12.0. The zero-order chi connectivity index (χ0) is 14.8. The summed E-state index contributed by atoms with van der Waals surface area (Å²) in [6, 6.07) is 0. The molecule has 0 saturated carbocycles. The van der Waals surface area contributed by atoms with Crippen LogP contribution in [-0.2, 0) is 0 Å². The normalized spacial score (nSPS) is 18.0. The summed E-state index contributed by atoms with van der Waals surface area (Å²) in [5.74, 6) is 0. The first-order chi connectivity index (χ1) is 9.63. The van der Waals surface area contributed by atoms with Crippen LogP contribution in [0.25, 0.3) is 0 Å². The topological polar surface area (TPSA) is 6.48 Å². The predicted molar refractivity (Wildman–Crippen MR) is 88.8 cm³/mol. The smallest absolute Gasteiger partial charge is 0.0302 e. The summed E-state index contributed by atoms with van der Waals surface area (Å²) in [6.45, 7) is 11.2. The first-order valence-corrected chi connectivity index (χ1v) is 7.75. The van der Waals surface area contributed by atoms with Crippen molar-refractivity contribution >= 4 is 0 Å². The highest BCUT2D eigenvalue weighted by atomic mass is 15.2. The van der Waals surface area contributed by atoms with Crippen molar-refractivity contribution in [3.63, 3.8) is 0 Å². The van der Waals surface area contributed by atoms with E-state index in [4.69, 9.17) is 0 Å². The molecule has 1 heterocycles. The lowest BCUT2D eigenvalue weighted by atomic mass is 10.2. The molecule has 1 aliphatic rings. The van der Waals surface area contributed by atoms with Gasteiger partial charge in [-0.05, 0) is 65.3 Å². The molecule has 1 saturated heterocycles. The fourth-order valence-corrected chi connectivity index (χ4v) is 2.34. The molecule has 0 aromatic rings. The van der Waals surface area contributed by atoms with E-state index in [9.17, 15) is 0 Å². The Bertz CT molecular complexity index is 398. The molecule has 0 aliphatic carbocycles. The van der Waals surface area contributed by atoms with Gasteiger partial charge in [0.1, 0.15) is 0 Å². The molecule has 112 valence electrons. The van der Waals surface area contributed by atoms with Gasteiger partial charge in [0, 0.05) is 25.3 Å². The Kier molecular flexibility index (Phi) is 8.10. The van der Waals surface area contributed by atoms with Crippen molar-refractivity contribution in [3.8, 4) is 0 Å². The highest BCUT2D eigenvalue weighted by Gasteiger charge is 2.11. The molecule has 0 aromatic carbocycles. The lowest BCUT2D eigenvalue weighted by molar-refractivity contribution is 0.325. The summed E-state index contributed by atoms with van der Waals surface area (Å²) in [7, 11) is 2.21. The molecule has 1 aliphatic heterocycles. The minimum Gasteiger partial charge on any atom is -0.374 e. The number of hydrogen-bond acceptors (Lipinski definition) is 2. The van der Waals surface area contributed by atoms with Crippen LogP contribution in [-0.4, -0.2) is 43.0 Å². The molecule has 0 atom stereocenters. The molecule has 0 bridgehead atoms. The van der Waals surface area contributed by atoms with Crippen LogP contribution in [0.1, 0.15) is 40.0 Å². The van der Waals surface area contributed by atoms with Gasteiger partial charge in [-0.1, -0.05) is 18.2 Å². The first kappa shape index (κ1) is 16.8. The van der Waals surface area contributed by atoms with Crippen LogP contribution in [0.3, 0.4) is 0 Å². The Morgan fingerprint density at radius 2 is 1.95 bits per heavy atom. The number of likely N-dealkylation sites (N-methyl/N-ethyl adjacent to an activating group) is 1. The maximum atomic E-state index is 3.36. The van der Waals surface area contributed by atoms with E-state index in [-0.39, 0.29) is 0 Å². The minimum atomic E-state index is 0.978. The van der Waals surface area contributed by atoms with E-state index in [2.05, 4.69) is 67.7 Å². The van der Waals surface area contributed by atoms with Crippen LogP contribution >= 0.6 is 0 Å². The molecule has 0 unspecified atom stereocenters. The van der Waals surface area contributed by atoms with E-state index in [0.717, 1.165) is 19.4 Å². The quantitative estimate of drug-likeness (QED) is 0.552. The Hall–Kier alpha value is -1.24. The largest absolute Gasteiger partial charge is 0.374 e. The van der Waals surface area contributed by atoms with Gasteiger partial charge in [-0.2, -0.15) is 0 Å². The highest BCUT2D eigenvalue weighted by molar-refractivity contribution is 5.07. The van der Waals surface area contributed by atoms with Crippen molar-refractivity contribution in [1.29, 1.82) is 0 Å². The van der Waals surface area contributed by atoms with Crippen molar-refractivity contribution in [3.05, 3.63) is 41.3 Å². The fraction of sp³-hybridized carbons (Fsp3) is 0.611. The summed E-state index contributed by atoms with van der Waals surface area (Å²) < 4.78 is 0. The standard InChI is InChI=1S/C18H30N2/c1-5-6-10-17(2)11-7-8-12-18(3)20-14-9-13-19(4)15-16-20/h5-7,12H,8-10,13-16H2,1-4H3/b6-5-,18-12?. The Balaban J connectivity index is 2.46. The predicted octanol–water partition coefficient (Wildman–Crippen LogP) is 3.99. The van der Waals surface area contributed by atoms with Crippen molar-refractivity contribution in [2.45, 2.75) is 40.0 Å². The summed E-state index contributed by atoms with van der Waals surface area (Å²) in [5, 5.41) is 0. The maximum absolute atomic E-state index is 3.36. The lowest BCUT2D eigenvalue weighted by Crippen LogP contribution is -2.27. The zero-order valence-electron chi connectivity index (χ0n) is 13.7. The SMILES string of the molecule is C/C=C\CC(C)=C=CCC=C(C)N1CCCN(C)CC1. The number of nitrogens with zero attached hydrogens (tertiary/aromatic N) is 2. The second kappa shape index (κ2) is 9.63. The summed E-state index contributed by atoms with van der Waals surface area (Å²) >= 11 is 0. The Labute approximate surface area is 125 Å². The van der Waals surface area contributed by atoms with Crippen molar-refractivity contribution in [2.24, 2.45) is 0 Å². The summed E-state index contributed by atoms with van der Waals surface area (Å²) in [5.41, 5.74) is 6.07. The van der Waals surface area contributed by atoms with E-state index >= 15 is 0 Å². The van der Waals surface area contributed by atoms with Crippen LogP contribution in [0.5, 0.6) is 0 Å². The Morgan fingerprint density at radius 1 is 1.15 bits per heavy atom. The molecular formula is C18H30N2. The number of allylic oxidation sites excluding steroid dienone is 5. The van der Waals surface area contributed by atoms with Crippen molar-refractivity contribution < 1.29 is 0 Å². The van der Waals surface area contributed by atoms with Crippen molar-refractivity contribution in [2.75, 3.05) is 33.2 Å². The van der Waals surface area contributed by atoms with Gasteiger partial charge in [-0.25, -0.2) is 0 Å². The van der Waals surface area contributed by atoms with E-state index < -0.39 is 0 Å². The zero-order valence-corrected chi connectivity index (χ0v) is 13.7. The van der Waals surface area contributed by atoms with Crippen LogP contribution in [0, 0.1) is 0 Å². The van der Waals surface area contributed by atoms with Gasteiger partial charge in [0.15, 0.2) is 0 Å². The van der Waals surface area contributed by atoms with Gasteiger partial charge in [0.25, 0.3) is 0 Å². The molecule has 20 heavy (non-hydrogen) atoms. The van der Waals surface area contributed by atoms with Gasteiger partial charge in [0.2, 0.25) is 0 Å². The minimum absolute atomic E-state index is 0.978. The Morgan fingerprint density at radius 3 is 2.70 bits per heavy atom. The molecule has 2 heteroatoms. The molecule has 0 radical (unpaired) electrons. The maximum Gasteiger partial charge on any atom is 0.0302 e. The lowest BCUT2D eigenvalue weighted by Gasteiger charge is -2.23. The van der Waals surface area contributed by atoms with Crippen LogP contribution in [0.4, 0.5) is 0 Å². The van der Waals surface area contributed by atoms with Gasteiger partial charge >= 0.3 is 0 Å². The van der Waals surface area contributed by atoms with E-state index in [1.54, 1.807) is 0 Å². The molecule has 0 amide bonds. The first-order valence-electron chi connectivity index (χ1n) is 7.75. The van der Waals surface area contributed by atoms with Crippen molar-refractivity contribution in [1.82, 2.24) is 9.80 Å². The fourth-order valence-electron chi connectivity index (χ4n) is 2.34. The molecule has 1 rings (SSSR count). The highest BCUT2D eigenvalue weighted by Crippen LogP contribution is 2.09. The van der Waals surface area contributed by atoms with Crippen LogP contribution in [0.2, 0.25) is 0 Å². The van der Waals surface area contributed by atoms with Gasteiger partial charge in [-0.15, -0.1) is 5.73 Å².